The van der Waals surface area contributed by atoms with Gasteiger partial charge in [0.2, 0.25) is 5.96 Å². The number of carbonyl (C=O) groups is 2. The molecular formula is C35H33ClF2N6O4. The van der Waals surface area contributed by atoms with Gasteiger partial charge in [-0.1, -0.05) is 93.0 Å². The molecule has 1 aromatic heterocycles. The van der Waals surface area contributed by atoms with Gasteiger partial charge in [0.25, 0.3) is 5.91 Å². The molecule has 5 rings (SSSR count). The number of benzene rings is 3. The van der Waals surface area contributed by atoms with Crippen molar-refractivity contribution in [3.8, 4) is 17.2 Å². The summed E-state index contributed by atoms with van der Waals surface area (Å²) in [7, 11) is 0. The SMILES string of the molecule is CC(C)(C)C[C@]1(c2ccc(-c3cnn(C(F)F)c3)cc2)NC(=NC(=O)OCc2ccccc2)N([C@H](CO)c2ccc(Cl)c(C#N)c2)C1=O. The third-order valence-corrected chi connectivity index (χ3v) is 8.16. The van der Waals surface area contributed by atoms with E-state index in [0.29, 0.717) is 26.9 Å². The van der Waals surface area contributed by atoms with Crippen LogP contribution in [0.4, 0.5) is 13.6 Å². The minimum atomic E-state index is -2.79. The van der Waals surface area contributed by atoms with Crippen LogP contribution in [0.5, 0.6) is 0 Å². The number of amides is 2. The van der Waals surface area contributed by atoms with Crippen molar-refractivity contribution in [2.24, 2.45) is 10.4 Å². The van der Waals surface area contributed by atoms with Gasteiger partial charge in [-0.3, -0.25) is 9.69 Å². The summed E-state index contributed by atoms with van der Waals surface area (Å²) in [5, 5.41) is 27.4. The second kappa shape index (κ2) is 13.9. The first-order valence-electron chi connectivity index (χ1n) is 15.0. The van der Waals surface area contributed by atoms with Crippen LogP contribution < -0.4 is 5.32 Å². The quantitative estimate of drug-likeness (QED) is 0.196. The number of ether oxygens (including phenoxy) is 1. The van der Waals surface area contributed by atoms with E-state index in [-0.39, 0.29) is 29.6 Å². The highest BCUT2D eigenvalue weighted by atomic mass is 35.5. The molecule has 2 N–H and O–H groups in total. The van der Waals surface area contributed by atoms with Gasteiger partial charge in [-0.05, 0) is 46.2 Å². The number of nitriles is 1. The summed E-state index contributed by atoms with van der Waals surface area (Å²) in [6.45, 7) is 2.41. The van der Waals surface area contributed by atoms with Crippen molar-refractivity contribution >= 4 is 29.6 Å². The van der Waals surface area contributed by atoms with E-state index in [2.05, 4.69) is 15.4 Å². The molecule has 0 saturated carbocycles. The van der Waals surface area contributed by atoms with Crippen LogP contribution in [0.15, 0.2) is 90.2 Å². The Balaban J connectivity index is 1.60. The van der Waals surface area contributed by atoms with Crippen molar-refractivity contribution in [2.75, 3.05) is 6.61 Å². The Morgan fingerprint density at radius 3 is 2.44 bits per heavy atom. The van der Waals surface area contributed by atoms with Gasteiger partial charge in [-0.2, -0.15) is 19.1 Å². The number of hydrogen-bond donors (Lipinski definition) is 2. The molecule has 2 amide bonds. The number of halogens is 3. The van der Waals surface area contributed by atoms with Gasteiger partial charge in [-0.25, -0.2) is 9.48 Å². The van der Waals surface area contributed by atoms with Crippen molar-refractivity contribution in [2.45, 2.75) is 51.9 Å². The Kier molecular flexibility index (Phi) is 9.93. The Morgan fingerprint density at radius 1 is 1.12 bits per heavy atom. The fraction of sp³-hybridized carbons (Fsp3) is 0.286. The highest BCUT2D eigenvalue weighted by Crippen LogP contribution is 2.43. The van der Waals surface area contributed by atoms with Gasteiger partial charge in [-0.15, -0.1) is 4.99 Å². The molecule has 1 aliphatic rings. The standard InChI is InChI=1S/C35H33ClF2N6O4/c1-34(2,3)21-35(27-12-9-23(10-13-27)26-17-40-43(18-26)31(37)38)30(46)44(29(19-45)24-11-14-28(36)25(15-24)16-39)32(42-35)41-33(47)48-20-22-7-5-4-6-8-22/h4-15,17-18,29,31,45H,19-21H2,1-3H3,(H,41,42,47)/t29-,35-/m1/s1. The van der Waals surface area contributed by atoms with Crippen LogP contribution >= 0.6 is 11.6 Å². The van der Waals surface area contributed by atoms with E-state index in [9.17, 15) is 28.7 Å². The lowest BCUT2D eigenvalue weighted by Crippen LogP contribution is -2.47. The van der Waals surface area contributed by atoms with Gasteiger partial charge < -0.3 is 15.2 Å². The summed E-state index contributed by atoms with van der Waals surface area (Å²) < 4.78 is 32.3. The minimum absolute atomic E-state index is 0.0622. The molecule has 1 saturated heterocycles. The van der Waals surface area contributed by atoms with Crippen molar-refractivity contribution < 1.29 is 28.2 Å². The second-order valence-corrected chi connectivity index (χ2v) is 12.9. The topological polar surface area (TPSA) is 133 Å². The number of rotatable bonds is 9. The van der Waals surface area contributed by atoms with Crippen LogP contribution in [-0.4, -0.2) is 44.4 Å². The normalized spacial score (nSPS) is 17.8. The monoisotopic (exact) mass is 674 g/mol. The van der Waals surface area contributed by atoms with Crippen LogP contribution in [-0.2, 0) is 21.7 Å². The molecule has 248 valence electrons. The number of aliphatic hydroxyl groups is 1. The maximum Gasteiger partial charge on any atom is 0.437 e. The van der Waals surface area contributed by atoms with Crippen molar-refractivity contribution in [1.29, 1.82) is 5.26 Å². The van der Waals surface area contributed by atoms with E-state index >= 15 is 0 Å². The van der Waals surface area contributed by atoms with Crippen LogP contribution in [0.25, 0.3) is 11.1 Å². The summed E-state index contributed by atoms with van der Waals surface area (Å²) in [6.07, 6.45) is 1.80. The second-order valence-electron chi connectivity index (χ2n) is 12.5. The van der Waals surface area contributed by atoms with Crippen molar-refractivity contribution in [1.82, 2.24) is 20.0 Å². The molecule has 2 atom stereocenters. The van der Waals surface area contributed by atoms with Crippen LogP contribution in [0, 0.1) is 16.7 Å². The molecule has 2 heterocycles. The van der Waals surface area contributed by atoms with Gasteiger partial charge >= 0.3 is 12.6 Å². The van der Waals surface area contributed by atoms with Gasteiger partial charge in [0.1, 0.15) is 18.2 Å². The zero-order valence-electron chi connectivity index (χ0n) is 26.4. The van der Waals surface area contributed by atoms with E-state index in [1.165, 1.54) is 29.4 Å². The minimum Gasteiger partial charge on any atom is -0.443 e. The van der Waals surface area contributed by atoms with E-state index in [0.717, 1.165) is 5.56 Å². The zero-order chi connectivity index (χ0) is 34.6. The van der Waals surface area contributed by atoms with E-state index < -0.39 is 42.2 Å². The maximum atomic E-state index is 14.8. The molecule has 3 aromatic carbocycles. The van der Waals surface area contributed by atoms with Gasteiger partial charge in [0.05, 0.1) is 29.4 Å². The first-order chi connectivity index (χ1) is 22.8. The number of nitrogens with one attached hydrogen (secondary N) is 1. The third-order valence-electron chi connectivity index (χ3n) is 7.83. The fourth-order valence-electron chi connectivity index (χ4n) is 5.74. The Labute approximate surface area is 281 Å². The zero-order valence-corrected chi connectivity index (χ0v) is 27.2. The molecule has 0 unspecified atom stereocenters. The molecule has 13 heteroatoms. The lowest BCUT2D eigenvalue weighted by atomic mass is 9.75. The lowest BCUT2D eigenvalue weighted by molar-refractivity contribution is -0.134. The molecular weight excluding hydrogens is 642 g/mol. The first-order valence-corrected chi connectivity index (χ1v) is 15.4. The highest BCUT2D eigenvalue weighted by Gasteiger charge is 2.55. The largest absolute Gasteiger partial charge is 0.443 e. The highest BCUT2D eigenvalue weighted by molar-refractivity contribution is 6.31. The fourth-order valence-corrected chi connectivity index (χ4v) is 5.90. The number of alkyl halides is 2. The number of hydrogen-bond acceptors (Lipinski definition) is 6. The molecule has 0 radical (unpaired) electrons. The maximum absolute atomic E-state index is 14.8. The average Bonchev–Trinajstić information content (AvgIpc) is 3.65. The summed E-state index contributed by atoms with van der Waals surface area (Å²) in [6, 6.07) is 21.3. The lowest BCUT2D eigenvalue weighted by Gasteiger charge is -2.35. The van der Waals surface area contributed by atoms with Gasteiger partial charge in [0.15, 0.2) is 0 Å². The number of aliphatic imine (C=N–C) groups is 1. The average molecular weight is 675 g/mol. The predicted molar refractivity (Wildman–Crippen MR) is 175 cm³/mol. The molecule has 4 aromatic rings. The molecule has 1 fully saturated rings. The summed E-state index contributed by atoms with van der Waals surface area (Å²) in [5.41, 5.74) is 0.868. The predicted octanol–water partition coefficient (Wildman–Crippen LogP) is 6.96. The molecule has 10 nitrogen and oxygen atoms in total. The van der Waals surface area contributed by atoms with E-state index in [1.54, 1.807) is 54.6 Å². The van der Waals surface area contributed by atoms with Crippen molar-refractivity contribution in [3.05, 3.63) is 112 Å². The number of aliphatic hydroxyl groups excluding tert-OH is 1. The third kappa shape index (κ3) is 7.22. The molecule has 48 heavy (non-hydrogen) atoms. The summed E-state index contributed by atoms with van der Waals surface area (Å²) in [4.78, 5) is 33.4. The van der Waals surface area contributed by atoms with Crippen LogP contribution in [0.2, 0.25) is 5.02 Å². The summed E-state index contributed by atoms with van der Waals surface area (Å²) >= 11 is 6.18. The number of nitrogens with zero attached hydrogens (tertiary/aromatic N) is 5. The Hall–Kier alpha value is -5.12. The molecule has 0 bridgehead atoms. The first kappa shape index (κ1) is 34.2. The van der Waals surface area contributed by atoms with Crippen LogP contribution in [0.3, 0.4) is 0 Å². The molecule has 0 aliphatic carbocycles. The Bertz CT molecular complexity index is 1870. The van der Waals surface area contributed by atoms with E-state index in [1.807, 2.05) is 32.9 Å². The molecule has 0 spiro atoms. The number of carbonyl (C=O) groups excluding carboxylic acids is 2. The smallest absolute Gasteiger partial charge is 0.437 e. The number of aromatic nitrogens is 2. The summed E-state index contributed by atoms with van der Waals surface area (Å²) in [5.74, 6) is -0.671. The molecule has 1 aliphatic heterocycles. The van der Waals surface area contributed by atoms with Crippen LogP contribution in [0.1, 0.15) is 62.0 Å². The van der Waals surface area contributed by atoms with Gasteiger partial charge in [0, 0.05) is 11.8 Å². The Morgan fingerprint density at radius 2 is 1.83 bits per heavy atom. The number of guanidine groups is 1. The van der Waals surface area contributed by atoms with Crippen molar-refractivity contribution in [3.63, 3.8) is 0 Å². The van der Waals surface area contributed by atoms with E-state index in [4.69, 9.17) is 16.3 Å².